The molecule has 0 atom stereocenters. The molecule has 0 spiro atoms. The van der Waals surface area contributed by atoms with Gasteiger partial charge in [0.1, 0.15) is 0 Å². The summed E-state index contributed by atoms with van der Waals surface area (Å²) in [6, 6.07) is 8.59. The molecule has 5 nitrogen and oxygen atoms in total. The summed E-state index contributed by atoms with van der Waals surface area (Å²) >= 11 is 5.78. The van der Waals surface area contributed by atoms with E-state index in [9.17, 15) is 22.8 Å². The summed E-state index contributed by atoms with van der Waals surface area (Å²) in [6.45, 7) is -0.0236. The van der Waals surface area contributed by atoms with Crippen LogP contribution >= 0.6 is 11.6 Å². The van der Waals surface area contributed by atoms with E-state index >= 15 is 0 Å². The van der Waals surface area contributed by atoms with Crippen molar-refractivity contribution >= 4 is 29.1 Å². The van der Waals surface area contributed by atoms with Gasteiger partial charge in [-0.15, -0.1) is 0 Å². The van der Waals surface area contributed by atoms with Crippen molar-refractivity contribution in [1.82, 2.24) is 10.2 Å². The summed E-state index contributed by atoms with van der Waals surface area (Å²) in [7, 11) is 1.52. The van der Waals surface area contributed by atoms with Gasteiger partial charge in [0.2, 0.25) is 11.8 Å². The summed E-state index contributed by atoms with van der Waals surface area (Å²) in [4.78, 5) is 25.2. The van der Waals surface area contributed by atoms with Gasteiger partial charge in [0.05, 0.1) is 18.8 Å². The van der Waals surface area contributed by atoms with E-state index in [0.29, 0.717) is 17.6 Å². The molecule has 2 N–H and O–H groups in total. The van der Waals surface area contributed by atoms with Gasteiger partial charge in [-0.25, -0.2) is 13.2 Å². The largest absolute Gasteiger partial charge is 0.351 e. The van der Waals surface area contributed by atoms with E-state index in [0.717, 1.165) is 11.6 Å². The summed E-state index contributed by atoms with van der Waals surface area (Å²) < 4.78 is 39.6. The van der Waals surface area contributed by atoms with Crippen LogP contribution in [0.15, 0.2) is 36.4 Å². The van der Waals surface area contributed by atoms with Crippen LogP contribution in [0.3, 0.4) is 0 Å². The minimum atomic E-state index is -1.66. The van der Waals surface area contributed by atoms with Crippen LogP contribution in [0, 0.1) is 17.5 Å². The molecule has 0 aliphatic carbocycles. The molecule has 0 unspecified atom stereocenters. The number of amides is 2. The number of nitrogens with one attached hydrogen (secondary N) is 2. The quantitative estimate of drug-likeness (QED) is 0.704. The predicted octanol–water partition coefficient (Wildman–Crippen LogP) is 2.94. The molecule has 0 bridgehead atoms. The van der Waals surface area contributed by atoms with Gasteiger partial charge in [-0.3, -0.25) is 14.5 Å². The number of carbonyl (C=O) groups excluding carboxylic acids is 2. The minimum Gasteiger partial charge on any atom is -0.351 e. The maximum Gasteiger partial charge on any atom is 0.238 e. The van der Waals surface area contributed by atoms with Crippen molar-refractivity contribution in [3.8, 4) is 0 Å². The molecular weight excluding hydrogens is 383 g/mol. The van der Waals surface area contributed by atoms with Gasteiger partial charge < -0.3 is 10.6 Å². The van der Waals surface area contributed by atoms with E-state index in [1.807, 2.05) is 0 Å². The second-order valence-corrected chi connectivity index (χ2v) is 6.28. The van der Waals surface area contributed by atoms with Crippen LogP contribution in [0.2, 0.25) is 5.02 Å². The molecule has 0 fully saturated rings. The van der Waals surface area contributed by atoms with Crippen molar-refractivity contribution in [2.24, 2.45) is 0 Å². The van der Waals surface area contributed by atoms with Gasteiger partial charge in [-0.1, -0.05) is 23.7 Å². The lowest BCUT2D eigenvalue weighted by Crippen LogP contribution is -2.38. The molecule has 9 heteroatoms. The van der Waals surface area contributed by atoms with Gasteiger partial charge in [-0.05, 0) is 36.9 Å². The number of carbonyl (C=O) groups is 2. The fourth-order valence-corrected chi connectivity index (χ4v) is 2.34. The summed E-state index contributed by atoms with van der Waals surface area (Å²) in [6.07, 6.45) is 0. The molecule has 0 aromatic heterocycles. The fourth-order valence-electron chi connectivity index (χ4n) is 2.22. The Labute approximate surface area is 159 Å². The number of likely N-dealkylation sites (N-methyl/N-ethyl adjacent to an activating group) is 1. The zero-order valence-electron chi connectivity index (χ0n) is 14.4. The number of halogens is 4. The van der Waals surface area contributed by atoms with E-state index < -0.39 is 29.0 Å². The molecule has 0 aliphatic heterocycles. The first-order valence-corrected chi connectivity index (χ1v) is 8.27. The molecule has 144 valence electrons. The zero-order chi connectivity index (χ0) is 20.0. The highest BCUT2D eigenvalue weighted by Gasteiger charge is 2.16. The SMILES string of the molecule is CN(CC(=O)NCc1ccc(Cl)cc1)CC(=O)Nc1ccc(F)c(F)c1F. The van der Waals surface area contributed by atoms with Crippen molar-refractivity contribution in [2.45, 2.75) is 6.54 Å². The minimum absolute atomic E-state index is 0.0821. The first-order chi connectivity index (χ1) is 12.8. The number of benzene rings is 2. The van der Waals surface area contributed by atoms with Crippen LogP contribution in [0.5, 0.6) is 0 Å². The highest BCUT2D eigenvalue weighted by molar-refractivity contribution is 6.30. The van der Waals surface area contributed by atoms with E-state index in [-0.39, 0.29) is 19.0 Å². The Balaban J connectivity index is 1.79. The highest BCUT2D eigenvalue weighted by Crippen LogP contribution is 2.19. The lowest BCUT2D eigenvalue weighted by molar-refractivity contribution is -0.123. The van der Waals surface area contributed by atoms with Gasteiger partial charge in [0, 0.05) is 11.6 Å². The summed E-state index contributed by atoms with van der Waals surface area (Å²) in [5.41, 5.74) is 0.390. The lowest BCUT2D eigenvalue weighted by Gasteiger charge is -2.16. The van der Waals surface area contributed by atoms with Gasteiger partial charge in [0.15, 0.2) is 17.5 Å². The van der Waals surface area contributed by atoms with Crippen molar-refractivity contribution in [3.05, 3.63) is 64.4 Å². The predicted molar refractivity (Wildman–Crippen MR) is 95.7 cm³/mol. The molecule has 27 heavy (non-hydrogen) atoms. The number of anilines is 1. The number of nitrogens with zero attached hydrogens (tertiary/aromatic N) is 1. The van der Waals surface area contributed by atoms with Crippen LogP contribution in [-0.4, -0.2) is 36.9 Å². The molecule has 2 amide bonds. The van der Waals surface area contributed by atoms with Crippen LogP contribution in [0.4, 0.5) is 18.9 Å². The second kappa shape index (κ2) is 9.38. The van der Waals surface area contributed by atoms with Crippen molar-refractivity contribution in [1.29, 1.82) is 0 Å². The van der Waals surface area contributed by atoms with E-state index in [2.05, 4.69) is 10.6 Å². The molecule has 2 aromatic carbocycles. The molecule has 0 aliphatic rings. The topological polar surface area (TPSA) is 61.4 Å². The smallest absolute Gasteiger partial charge is 0.238 e. The van der Waals surface area contributed by atoms with Gasteiger partial charge in [0.25, 0.3) is 0 Å². The Morgan fingerprint density at radius 1 is 0.963 bits per heavy atom. The van der Waals surface area contributed by atoms with Gasteiger partial charge >= 0.3 is 0 Å². The average Bonchev–Trinajstić information content (AvgIpc) is 2.61. The van der Waals surface area contributed by atoms with E-state index in [1.165, 1.54) is 11.9 Å². The Kier molecular flexibility index (Phi) is 7.20. The van der Waals surface area contributed by atoms with E-state index in [4.69, 9.17) is 11.6 Å². The Morgan fingerprint density at radius 2 is 1.59 bits per heavy atom. The molecule has 2 rings (SSSR count). The van der Waals surface area contributed by atoms with Crippen molar-refractivity contribution in [2.75, 3.05) is 25.5 Å². The fraction of sp³-hybridized carbons (Fsp3) is 0.222. The first kappa shape index (κ1) is 20.7. The zero-order valence-corrected chi connectivity index (χ0v) is 15.1. The van der Waals surface area contributed by atoms with Crippen molar-refractivity contribution < 1.29 is 22.8 Å². The lowest BCUT2D eigenvalue weighted by atomic mass is 10.2. The normalized spacial score (nSPS) is 10.7. The molecule has 0 radical (unpaired) electrons. The highest BCUT2D eigenvalue weighted by atomic mass is 35.5. The van der Waals surface area contributed by atoms with Crippen LogP contribution in [-0.2, 0) is 16.1 Å². The van der Waals surface area contributed by atoms with Gasteiger partial charge in [-0.2, -0.15) is 0 Å². The standard InChI is InChI=1S/C18H17ClF3N3O2/c1-25(9-15(26)23-8-11-2-4-12(19)5-3-11)10-16(27)24-14-7-6-13(20)17(21)18(14)22/h2-7H,8-10H2,1H3,(H,23,26)(H,24,27). The van der Waals surface area contributed by atoms with E-state index in [1.54, 1.807) is 24.3 Å². The second-order valence-electron chi connectivity index (χ2n) is 5.85. The Bertz CT molecular complexity index is 831. The number of hydrogen-bond donors (Lipinski definition) is 2. The third-order valence-corrected chi connectivity index (χ3v) is 3.79. The average molecular weight is 400 g/mol. The van der Waals surface area contributed by atoms with Crippen LogP contribution in [0.1, 0.15) is 5.56 Å². The third kappa shape index (κ3) is 6.26. The molecule has 0 saturated carbocycles. The van der Waals surface area contributed by atoms with Crippen LogP contribution in [0.25, 0.3) is 0 Å². The summed E-state index contributed by atoms with van der Waals surface area (Å²) in [5.74, 6) is -5.48. The van der Waals surface area contributed by atoms with Crippen molar-refractivity contribution in [3.63, 3.8) is 0 Å². The third-order valence-electron chi connectivity index (χ3n) is 3.54. The maximum absolute atomic E-state index is 13.5. The molecule has 0 saturated heterocycles. The monoisotopic (exact) mass is 399 g/mol. The number of rotatable bonds is 7. The molecule has 0 heterocycles. The Morgan fingerprint density at radius 3 is 2.26 bits per heavy atom. The van der Waals surface area contributed by atoms with Crippen LogP contribution < -0.4 is 10.6 Å². The number of hydrogen-bond acceptors (Lipinski definition) is 3. The molecule has 2 aromatic rings. The Hall–Kier alpha value is -2.58. The summed E-state index contributed by atoms with van der Waals surface area (Å²) in [5, 5.41) is 5.42. The molecular formula is C18H17ClF3N3O2. The maximum atomic E-state index is 13.5. The first-order valence-electron chi connectivity index (χ1n) is 7.89.